The molecule has 3 heteroatoms. The minimum atomic E-state index is -0.537. The van der Waals surface area contributed by atoms with Crippen molar-refractivity contribution in [1.29, 1.82) is 0 Å². The first-order valence-electron chi connectivity index (χ1n) is 9.39. The Morgan fingerprint density at radius 1 is 0.957 bits per heavy atom. The van der Waals surface area contributed by atoms with Crippen LogP contribution in [0.25, 0.3) is 0 Å². The van der Waals surface area contributed by atoms with E-state index in [-0.39, 0.29) is 22.4 Å². The van der Waals surface area contributed by atoms with Crippen LogP contribution in [-0.2, 0) is 4.79 Å². The summed E-state index contributed by atoms with van der Waals surface area (Å²) < 4.78 is 0. The van der Waals surface area contributed by atoms with Crippen LogP contribution in [0, 0.1) is 28.6 Å². The van der Waals surface area contributed by atoms with E-state index in [1.54, 1.807) is 0 Å². The lowest BCUT2D eigenvalue weighted by atomic mass is 9.46. The number of carbonyl (C=O) groups is 1. The Balaban J connectivity index is 1.72. The number of aliphatic hydroxyl groups is 2. The SMILES string of the molecule is CC1(O)CC[C@H]2[C@@H]3CCC4=C(O)C(=O)CC[C@]4(C)[C@@H]3CC[C@@]21C. The Hall–Kier alpha value is -0.830. The van der Waals surface area contributed by atoms with Crippen LogP contribution >= 0.6 is 0 Å². The Labute approximate surface area is 139 Å². The molecule has 0 radical (unpaired) electrons. The lowest BCUT2D eigenvalue weighted by Gasteiger charge is -2.58. The van der Waals surface area contributed by atoms with Crippen LogP contribution in [0.1, 0.15) is 72.1 Å². The van der Waals surface area contributed by atoms with Gasteiger partial charge in [0.15, 0.2) is 11.5 Å². The first-order chi connectivity index (χ1) is 10.7. The van der Waals surface area contributed by atoms with Gasteiger partial charge in [-0.05, 0) is 86.0 Å². The van der Waals surface area contributed by atoms with Crippen molar-refractivity contribution in [1.82, 2.24) is 0 Å². The molecular formula is C20H30O3. The second-order valence-electron chi connectivity index (χ2n) is 9.35. The van der Waals surface area contributed by atoms with Crippen LogP contribution in [0.4, 0.5) is 0 Å². The minimum Gasteiger partial charge on any atom is -0.504 e. The van der Waals surface area contributed by atoms with E-state index in [0.717, 1.165) is 50.5 Å². The van der Waals surface area contributed by atoms with Crippen LogP contribution in [0.2, 0.25) is 0 Å². The van der Waals surface area contributed by atoms with Gasteiger partial charge in [-0.1, -0.05) is 13.8 Å². The van der Waals surface area contributed by atoms with Crippen molar-refractivity contribution in [3.63, 3.8) is 0 Å². The number of hydrogen-bond donors (Lipinski definition) is 2. The molecule has 0 aromatic carbocycles. The van der Waals surface area contributed by atoms with Crippen LogP contribution in [0.15, 0.2) is 11.3 Å². The quantitative estimate of drug-likeness (QED) is 0.705. The molecule has 4 aliphatic rings. The van der Waals surface area contributed by atoms with Crippen LogP contribution in [0.3, 0.4) is 0 Å². The van der Waals surface area contributed by atoms with Crippen LogP contribution in [-0.4, -0.2) is 21.6 Å². The molecule has 0 bridgehead atoms. The highest BCUT2D eigenvalue weighted by atomic mass is 16.3. The average molecular weight is 318 g/mol. The van der Waals surface area contributed by atoms with E-state index in [2.05, 4.69) is 13.8 Å². The molecule has 2 N–H and O–H groups in total. The van der Waals surface area contributed by atoms with Gasteiger partial charge >= 0.3 is 0 Å². The topological polar surface area (TPSA) is 57.5 Å². The molecule has 0 aromatic heterocycles. The van der Waals surface area contributed by atoms with Crippen molar-refractivity contribution in [2.45, 2.75) is 77.7 Å². The molecule has 23 heavy (non-hydrogen) atoms. The van der Waals surface area contributed by atoms with E-state index < -0.39 is 5.60 Å². The van der Waals surface area contributed by atoms with Crippen molar-refractivity contribution >= 4 is 5.78 Å². The summed E-state index contributed by atoms with van der Waals surface area (Å²) in [5, 5.41) is 21.3. The summed E-state index contributed by atoms with van der Waals surface area (Å²) in [5.74, 6) is 1.82. The number of fused-ring (bicyclic) bond motifs is 5. The Morgan fingerprint density at radius 3 is 2.39 bits per heavy atom. The lowest BCUT2D eigenvalue weighted by Crippen LogP contribution is -2.54. The molecule has 3 fully saturated rings. The molecule has 3 nitrogen and oxygen atoms in total. The van der Waals surface area contributed by atoms with E-state index in [9.17, 15) is 15.0 Å². The molecule has 6 atom stereocenters. The van der Waals surface area contributed by atoms with Crippen molar-refractivity contribution in [3.8, 4) is 0 Å². The predicted molar refractivity (Wildman–Crippen MR) is 88.9 cm³/mol. The molecule has 0 amide bonds. The summed E-state index contributed by atoms with van der Waals surface area (Å²) in [6, 6.07) is 0. The zero-order chi connectivity index (χ0) is 16.6. The highest BCUT2D eigenvalue weighted by Crippen LogP contribution is 2.67. The maximum Gasteiger partial charge on any atom is 0.197 e. The van der Waals surface area contributed by atoms with Gasteiger partial charge in [0.1, 0.15) is 0 Å². The molecule has 0 heterocycles. The minimum absolute atomic E-state index is 0.00329. The smallest absolute Gasteiger partial charge is 0.197 e. The fraction of sp³-hybridized carbons (Fsp3) is 0.850. The third-order valence-corrected chi connectivity index (χ3v) is 8.66. The molecule has 0 aliphatic heterocycles. The van der Waals surface area contributed by atoms with Crippen LogP contribution in [0.5, 0.6) is 0 Å². The fourth-order valence-electron chi connectivity index (χ4n) is 6.93. The summed E-state index contributed by atoms with van der Waals surface area (Å²) in [5.41, 5.74) is 0.544. The molecule has 0 saturated heterocycles. The van der Waals surface area contributed by atoms with Gasteiger partial charge in [-0.15, -0.1) is 0 Å². The number of Topliss-reactive ketones (excluding diaryl/α,β-unsaturated/α-hetero) is 1. The fourth-order valence-corrected chi connectivity index (χ4v) is 6.93. The van der Waals surface area contributed by atoms with Gasteiger partial charge in [-0.3, -0.25) is 4.79 Å². The summed E-state index contributed by atoms with van der Waals surface area (Å²) in [7, 11) is 0. The molecule has 3 saturated carbocycles. The molecular weight excluding hydrogens is 288 g/mol. The van der Waals surface area contributed by atoms with E-state index in [4.69, 9.17) is 0 Å². The van der Waals surface area contributed by atoms with E-state index in [1.807, 2.05) is 6.92 Å². The third kappa shape index (κ3) is 1.83. The van der Waals surface area contributed by atoms with Crippen molar-refractivity contribution in [2.75, 3.05) is 0 Å². The number of rotatable bonds is 0. The van der Waals surface area contributed by atoms with E-state index in [1.165, 1.54) is 0 Å². The number of carbonyl (C=O) groups excluding carboxylic acids is 1. The van der Waals surface area contributed by atoms with Gasteiger partial charge in [0.05, 0.1) is 5.60 Å². The van der Waals surface area contributed by atoms with Crippen molar-refractivity contribution in [3.05, 3.63) is 11.3 Å². The Kier molecular flexibility index (Phi) is 3.15. The second-order valence-corrected chi connectivity index (χ2v) is 9.35. The number of hydrogen-bond acceptors (Lipinski definition) is 3. The maximum atomic E-state index is 11.9. The standard InChI is InChI=1S/C20H30O3/c1-18-9-8-16(21)17(22)15(18)5-4-12-13(18)6-10-19(2)14(12)7-11-20(19,3)23/h12-14,22-23H,4-11H2,1-3H3/t12-,13-,14+,18-,19+,20?/m1/s1. The summed E-state index contributed by atoms with van der Waals surface area (Å²) >= 11 is 0. The highest BCUT2D eigenvalue weighted by Gasteiger charge is 2.62. The molecule has 128 valence electrons. The van der Waals surface area contributed by atoms with Gasteiger partial charge in [-0.2, -0.15) is 0 Å². The normalized spacial score (nSPS) is 52.9. The summed E-state index contributed by atoms with van der Waals surface area (Å²) in [4.78, 5) is 11.9. The van der Waals surface area contributed by atoms with Crippen LogP contribution < -0.4 is 0 Å². The van der Waals surface area contributed by atoms with Gasteiger partial charge < -0.3 is 10.2 Å². The number of ketones is 1. The molecule has 4 rings (SSSR count). The first-order valence-corrected chi connectivity index (χ1v) is 9.39. The largest absolute Gasteiger partial charge is 0.504 e. The lowest BCUT2D eigenvalue weighted by molar-refractivity contribution is -0.127. The molecule has 1 unspecified atom stereocenters. The summed E-state index contributed by atoms with van der Waals surface area (Å²) in [6.45, 7) is 6.63. The summed E-state index contributed by atoms with van der Waals surface area (Å²) in [6.07, 6.45) is 7.57. The highest BCUT2D eigenvalue weighted by molar-refractivity contribution is 5.95. The zero-order valence-electron chi connectivity index (χ0n) is 14.7. The van der Waals surface area contributed by atoms with Gasteiger partial charge in [0.25, 0.3) is 0 Å². The van der Waals surface area contributed by atoms with Gasteiger partial charge in [0, 0.05) is 6.42 Å². The maximum absolute atomic E-state index is 11.9. The average Bonchev–Trinajstić information content (AvgIpc) is 2.74. The van der Waals surface area contributed by atoms with Gasteiger partial charge in [-0.25, -0.2) is 0 Å². The van der Waals surface area contributed by atoms with Crippen molar-refractivity contribution in [2.24, 2.45) is 28.6 Å². The van der Waals surface area contributed by atoms with E-state index >= 15 is 0 Å². The molecule has 0 spiro atoms. The molecule has 4 aliphatic carbocycles. The zero-order valence-corrected chi connectivity index (χ0v) is 14.7. The molecule has 0 aromatic rings. The number of allylic oxidation sites excluding steroid dienone is 1. The Morgan fingerprint density at radius 2 is 1.65 bits per heavy atom. The third-order valence-electron chi connectivity index (χ3n) is 8.66. The van der Waals surface area contributed by atoms with Crippen molar-refractivity contribution < 1.29 is 15.0 Å². The van der Waals surface area contributed by atoms with E-state index in [0.29, 0.717) is 24.2 Å². The second kappa shape index (κ2) is 4.62. The monoisotopic (exact) mass is 318 g/mol. The predicted octanol–water partition coefficient (Wildman–Crippen LogP) is 4.16. The first kappa shape index (κ1) is 15.7. The number of aliphatic hydroxyl groups excluding tert-OH is 1. The van der Waals surface area contributed by atoms with Gasteiger partial charge in [0.2, 0.25) is 0 Å². The Bertz CT molecular complexity index is 590.